The van der Waals surface area contributed by atoms with Gasteiger partial charge in [0.25, 0.3) is 0 Å². The number of fused-ring (bicyclic) bond motifs is 2. The molecule has 4 unspecified atom stereocenters. The van der Waals surface area contributed by atoms with E-state index >= 15 is 0 Å². The SMILES string of the molecule is CCNC(CC1CC2CCC1C2)c1c(Cl)cnn1CC. The fourth-order valence-electron chi connectivity index (χ4n) is 4.48. The summed E-state index contributed by atoms with van der Waals surface area (Å²) in [4.78, 5) is 0. The van der Waals surface area contributed by atoms with Gasteiger partial charge in [-0.3, -0.25) is 4.68 Å². The number of nitrogens with zero attached hydrogens (tertiary/aromatic N) is 2. The highest BCUT2D eigenvalue weighted by Crippen LogP contribution is 2.51. The minimum absolute atomic E-state index is 0.360. The van der Waals surface area contributed by atoms with Gasteiger partial charge in [0, 0.05) is 6.54 Å². The molecule has 0 amide bonds. The number of aryl methyl sites for hydroxylation is 1. The third kappa shape index (κ3) is 2.62. The predicted octanol–water partition coefficient (Wildman–Crippen LogP) is 4.03. The van der Waals surface area contributed by atoms with E-state index in [2.05, 4.69) is 28.9 Å². The van der Waals surface area contributed by atoms with Crippen molar-refractivity contribution in [1.29, 1.82) is 0 Å². The molecule has 112 valence electrons. The second-order valence-electron chi connectivity index (χ2n) is 6.47. The molecule has 2 aliphatic rings. The highest BCUT2D eigenvalue weighted by Gasteiger charge is 2.40. The smallest absolute Gasteiger partial charge is 0.0834 e. The molecule has 0 aromatic carbocycles. The lowest BCUT2D eigenvalue weighted by Crippen LogP contribution is -2.27. The molecule has 2 fully saturated rings. The molecule has 1 aromatic rings. The largest absolute Gasteiger partial charge is 0.309 e. The normalized spacial score (nSPS) is 30.1. The highest BCUT2D eigenvalue weighted by atomic mass is 35.5. The monoisotopic (exact) mass is 295 g/mol. The first-order valence-electron chi connectivity index (χ1n) is 8.17. The summed E-state index contributed by atoms with van der Waals surface area (Å²) in [6.45, 7) is 6.18. The van der Waals surface area contributed by atoms with Gasteiger partial charge in [-0.15, -0.1) is 0 Å². The van der Waals surface area contributed by atoms with Gasteiger partial charge in [0.15, 0.2) is 0 Å². The minimum Gasteiger partial charge on any atom is -0.309 e. The van der Waals surface area contributed by atoms with Gasteiger partial charge in [0.2, 0.25) is 0 Å². The van der Waals surface area contributed by atoms with Crippen LogP contribution >= 0.6 is 11.6 Å². The Hall–Kier alpha value is -0.540. The molecule has 20 heavy (non-hydrogen) atoms. The molecular weight excluding hydrogens is 270 g/mol. The second-order valence-corrected chi connectivity index (χ2v) is 6.88. The molecule has 2 aliphatic carbocycles. The van der Waals surface area contributed by atoms with Gasteiger partial charge < -0.3 is 5.32 Å². The second kappa shape index (κ2) is 6.07. The summed E-state index contributed by atoms with van der Waals surface area (Å²) in [6.07, 6.45) is 8.86. The number of hydrogen-bond donors (Lipinski definition) is 1. The standard InChI is InChI=1S/C16H26ClN3/c1-3-18-15(16-14(17)10-19-20(16)4-2)9-13-8-11-5-6-12(13)7-11/h10-13,15,18H,3-9H2,1-2H3. The molecule has 0 spiro atoms. The fraction of sp³-hybridized carbons (Fsp3) is 0.812. The Kier molecular flexibility index (Phi) is 4.37. The molecule has 0 aliphatic heterocycles. The van der Waals surface area contributed by atoms with Crippen molar-refractivity contribution >= 4 is 11.6 Å². The summed E-state index contributed by atoms with van der Waals surface area (Å²) < 4.78 is 2.06. The van der Waals surface area contributed by atoms with Gasteiger partial charge in [0.05, 0.1) is 23.0 Å². The van der Waals surface area contributed by atoms with Crippen LogP contribution in [0.1, 0.15) is 57.7 Å². The van der Waals surface area contributed by atoms with Gasteiger partial charge in [-0.1, -0.05) is 24.9 Å². The van der Waals surface area contributed by atoms with Gasteiger partial charge in [-0.2, -0.15) is 5.10 Å². The van der Waals surface area contributed by atoms with Crippen molar-refractivity contribution < 1.29 is 0 Å². The molecule has 0 saturated heterocycles. The van der Waals surface area contributed by atoms with E-state index in [1.807, 2.05) is 0 Å². The quantitative estimate of drug-likeness (QED) is 0.858. The van der Waals surface area contributed by atoms with Crippen LogP contribution in [0.15, 0.2) is 6.20 Å². The first-order valence-corrected chi connectivity index (χ1v) is 8.55. The number of hydrogen-bond acceptors (Lipinski definition) is 2. The van der Waals surface area contributed by atoms with E-state index in [1.54, 1.807) is 6.20 Å². The lowest BCUT2D eigenvalue weighted by Gasteiger charge is -2.28. The minimum atomic E-state index is 0.360. The first-order chi connectivity index (χ1) is 9.72. The van der Waals surface area contributed by atoms with Crippen LogP contribution in [0.4, 0.5) is 0 Å². The lowest BCUT2D eigenvalue weighted by atomic mass is 9.83. The molecule has 0 radical (unpaired) electrons. The van der Waals surface area contributed by atoms with E-state index in [4.69, 9.17) is 11.6 Å². The van der Waals surface area contributed by atoms with Crippen molar-refractivity contribution in [2.24, 2.45) is 17.8 Å². The van der Waals surface area contributed by atoms with E-state index < -0.39 is 0 Å². The maximum absolute atomic E-state index is 6.40. The Morgan fingerprint density at radius 2 is 2.25 bits per heavy atom. The summed E-state index contributed by atoms with van der Waals surface area (Å²) in [5.74, 6) is 2.87. The fourth-order valence-corrected chi connectivity index (χ4v) is 4.75. The molecule has 2 bridgehead atoms. The average molecular weight is 296 g/mol. The van der Waals surface area contributed by atoms with Crippen LogP contribution in [-0.2, 0) is 6.54 Å². The first kappa shape index (κ1) is 14.4. The van der Waals surface area contributed by atoms with Crippen molar-refractivity contribution in [3.05, 3.63) is 16.9 Å². The van der Waals surface area contributed by atoms with Crippen molar-refractivity contribution in [2.75, 3.05) is 6.54 Å². The zero-order chi connectivity index (χ0) is 14.1. The van der Waals surface area contributed by atoms with Crippen LogP contribution in [0.5, 0.6) is 0 Å². The number of halogens is 1. The number of rotatable bonds is 6. The van der Waals surface area contributed by atoms with Crippen LogP contribution in [0.3, 0.4) is 0 Å². The molecule has 2 saturated carbocycles. The van der Waals surface area contributed by atoms with Gasteiger partial charge >= 0.3 is 0 Å². The Balaban J connectivity index is 1.76. The maximum Gasteiger partial charge on any atom is 0.0834 e. The summed E-state index contributed by atoms with van der Waals surface area (Å²) in [6, 6.07) is 0.360. The Morgan fingerprint density at radius 1 is 1.40 bits per heavy atom. The average Bonchev–Trinajstić information content (AvgIpc) is 3.13. The topological polar surface area (TPSA) is 29.9 Å². The van der Waals surface area contributed by atoms with E-state index in [1.165, 1.54) is 37.8 Å². The third-order valence-electron chi connectivity index (χ3n) is 5.34. The summed E-state index contributed by atoms with van der Waals surface area (Å²) in [7, 11) is 0. The Labute approximate surface area is 127 Å². The summed E-state index contributed by atoms with van der Waals surface area (Å²) in [5, 5.41) is 8.87. The zero-order valence-electron chi connectivity index (χ0n) is 12.6. The zero-order valence-corrected chi connectivity index (χ0v) is 13.4. The third-order valence-corrected chi connectivity index (χ3v) is 5.63. The van der Waals surface area contributed by atoms with Crippen molar-refractivity contribution in [2.45, 2.75) is 58.5 Å². The molecule has 4 atom stereocenters. The number of nitrogens with one attached hydrogen (secondary N) is 1. The van der Waals surface area contributed by atoms with Gasteiger partial charge in [-0.25, -0.2) is 0 Å². The van der Waals surface area contributed by atoms with Gasteiger partial charge in [0.1, 0.15) is 0 Å². The molecule has 3 rings (SSSR count). The van der Waals surface area contributed by atoms with Gasteiger partial charge in [-0.05, 0) is 56.9 Å². The predicted molar refractivity (Wildman–Crippen MR) is 82.9 cm³/mol. The van der Waals surface area contributed by atoms with Crippen LogP contribution < -0.4 is 5.32 Å². The van der Waals surface area contributed by atoms with E-state index in [-0.39, 0.29) is 0 Å². The van der Waals surface area contributed by atoms with Crippen LogP contribution in [-0.4, -0.2) is 16.3 Å². The van der Waals surface area contributed by atoms with E-state index in [0.717, 1.165) is 35.9 Å². The highest BCUT2D eigenvalue weighted by molar-refractivity contribution is 6.31. The Morgan fingerprint density at radius 3 is 2.85 bits per heavy atom. The molecular formula is C16H26ClN3. The lowest BCUT2D eigenvalue weighted by molar-refractivity contribution is 0.275. The molecule has 1 N–H and O–H groups in total. The van der Waals surface area contributed by atoms with Crippen LogP contribution in [0.25, 0.3) is 0 Å². The molecule has 1 aromatic heterocycles. The summed E-state index contributed by atoms with van der Waals surface area (Å²) in [5.41, 5.74) is 1.19. The number of aromatic nitrogens is 2. The Bertz CT molecular complexity index is 457. The molecule has 3 nitrogen and oxygen atoms in total. The van der Waals surface area contributed by atoms with Crippen LogP contribution in [0, 0.1) is 17.8 Å². The van der Waals surface area contributed by atoms with Crippen molar-refractivity contribution in [3.63, 3.8) is 0 Å². The maximum atomic E-state index is 6.40. The molecule has 1 heterocycles. The van der Waals surface area contributed by atoms with Crippen LogP contribution in [0.2, 0.25) is 5.02 Å². The van der Waals surface area contributed by atoms with E-state index in [9.17, 15) is 0 Å². The van der Waals surface area contributed by atoms with E-state index in [0.29, 0.717) is 6.04 Å². The molecule has 4 heteroatoms. The van der Waals surface area contributed by atoms with Crippen molar-refractivity contribution in [1.82, 2.24) is 15.1 Å². The van der Waals surface area contributed by atoms with Crippen molar-refractivity contribution in [3.8, 4) is 0 Å². The summed E-state index contributed by atoms with van der Waals surface area (Å²) >= 11 is 6.40.